The summed E-state index contributed by atoms with van der Waals surface area (Å²) in [5, 5.41) is 0. The van der Waals surface area contributed by atoms with E-state index in [1.807, 2.05) is 18.2 Å². The van der Waals surface area contributed by atoms with E-state index in [2.05, 4.69) is 9.97 Å². The lowest BCUT2D eigenvalue weighted by Crippen LogP contribution is -2.37. The van der Waals surface area contributed by atoms with Gasteiger partial charge in [0.15, 0.2) is 0 Å². The number of hydrogen-bond acceptors (Lipinski definition) is 5. The number of rotatable bonds is 3. The van der Waals surface area contributed by atoms with E-state index in [1.165, 1.54) is 7.11 Å². The average Bonchev–Trinajstić information content (AvgIpc) is 2.91. The number of ether oxygens (including phenoxy) is 1. The third kappa shape index (κ3) is 4.01. The second-order valence-electron chi connectivity index (χ2n) is 6.22. The molecule has 0 saturated carbocycles. The van der Waals surface area contributed by atoms with E-state index >= 15 is 0 Å². The smallest absolute Gasteiger partial charge is 0.409 e. The first-order chi connectivity index (χ1) is 12.6. The number of methoxy groups -OCH3 is 1. The van der Waals surface area contributed by atoms with E-state index < -0.39 is 0 Å². The van der Waals surface area contributed by atoms with Crippen molar-refractivity contribution in [3.63, 3.8) is 0 Å². The molecule has 0 bridgehead atoms. The Morgan fingerprint density at radius 1 is 1.15 bits per heavy atom. The van der Waals surface area contributed by atoms with Crippen LogP contribution in [-0.2, 0) is 16.0 Å². The van der Waals surface area contributed by atoms with Gasteiger partial charge in [-0.1, -0.05) is 12.1 Å². The number of hydrogen-bond donors (Lipinski definition) is 1. The van der Waals surface area contributed by atoms with Crippen molar-refractivity contribution >= 4 is 23.0 Å². The molecule has 1 fully saturated rings. The minimum absolute atomic E-state index is 0.0360. The number of fused-ring (bicyclic) bond motifs is 1. The number of nitrogens with zero attached hydrogens (tertiary/aromatic N) is 3. The summed E-state index contributed by atoms with van der Waals surface area (Å²) >= 11 is 0. The van der Waals surface area contributed by atoms with Crippen molar-refractivity contribution in [2.75, 3.05) is 33.3 Å². The van der Waals surface area contributed by atoms with Gasteiger partial charge in [0.1, 0.15) is 5.69 Å². The summed E-state index contributed by atoms with van der Waals surface area (Å²) in [6.45, 7) is 2.08. The van der Waals surface area contributed by atoms with Gasteiger partial charge in [0.25, 0.3) is 5.56 Å². The zero-order valence-electron chi connectivity index (χ0n) is 14.7. The number of H-pyrrole nitrogens is 1. The fourth-order valence-corrected chi connectivity index (χ4v) is 3.10. The van der Waals surface area contributed by atoms with Gasteiger partial charge in [-0.3, -0.25) is 9.59 Å². The summed E-state index contributed by atoms with van der Waals surface area (Å²) in [5.74, 6) is -0.0360. The standard InChI is InChI=1S/C18H22N4O4/c1-26-18(25)22-10-4-9-21(11-12-22)16(23)8-7-15-17(24)20-14-6-3-2-5-13(14)19-15/h2-3,5-6H,4,7-12H2,1H3,(H,20,24). The molecule has 138 valence electrons. The van der Waals surface area contributed by atoms with Gasteiger partial charge < -0.3 is 19.5 Å². The van der Waals surface area contributed by atoms with Gasteiger partial charge in [0, 0.05) is 39.0 Å². The van der Waals surface area contributed by atoms with Crippen molar-refractivity contribution < 1.29 is 14.3 Å². The van der Waals surface area contributed by atoms with Crippen molar-refractivity contribution in [1.82, 2.24) is 19.8 Å². The number of aromatic nitrogens is 2. The molecule has 2 aromatic rings. The maximum atomic E-state index is 12.5. The lowest BCUT2D eigenvalue weighted by atomic mass is 10.2. The van der Waals surface area contributed by atoms with Crippen molar-refractivity contribution in [3.05, 3.63) is 40.3 Å². The maximum absolute atomic E-state index is 12.5. The molecule has 1 aliphatic rings. The largest absolute Gasteiger partial charge is 0.453 e. The van der Waals surface area contributed by atoms with E-state index in [0.717, 1.165) is 0 Å². The molecule has 1 aliphatic heterocycles. The molecule has 0 unspecified atom stereocenters. The molecule has 0 spiro atoms. The van der Waals surface area contributed by atoms with Gasteiger partial charge in [-0.25, -0.2) is 9.78 Å². The Bertz CT molecular complexity index is 864. The second kappa shape index (κ2) is 7.99. The van der Waals surface area contributed by atoms with Crippen LogP contribution in [0.2, 0.25) is 0 Å². The monoisotopic (exact) mass is 358 g/mol. The molecule has 1 N–H and O–H groups in total. The molecular weight excluding hydrogens is 336 g/mol. The normalized spacial score (nSPS) is 15.0. The number of carbonyl (C=O) groups is 2. The molecule has 8 heteroatoms. The SMILES string of the molecule is COC(=O)N1CCCN(C(=O)CCc2nc3ccccc3[nH]c2=O)CC1. The minimum Gasteiger partial charge on any atom is -0.453 e. The molecule has 0 radical (unpaired) electrons. The molecule has 1 aromatic heterocycles. The molecule has 1 saturated heterocycles. The number of amides is 2. The van der Waals surface area contributed by atoms with Crippen LogP contribution in [0.5, 0.6) is 0 Å². The van der Waals surface area contributed by atoms with Crippen LogP contribution in [0.25, 0.3) is 11.0 Å². The molecule has 2 heterocycles. The van der Waals surface area contributed by atoms with E-state index in [1.54, 1.807) is 15.9 Å². The molecule has 8 nitrogen and oxygen atoms in total. The molecule has 0 aliphatic carbocycles. The number of benzene rings is 1. The fraction of sp³-hybridized carbons (Fsp3) is 0.444. The highest BCUT2D eigenvalue weighted by atomic mass is 16.5. The Morgan fingerprint density at radius 2 is 1.88 bits per heavy atom. The zero-order valence-corrected chi connectivity index (χ0v) is 14.7. The van der Waals surface area contributed by atoms with Crippen LogP contribution in [0.4, 0.5) is 4.79 Å². The molecule has 2 amide bonds. The predicted molar refractivity (Wildman–Crippen MR) is 95.9 cm³/mol. The Kier molecular flexibility index (Phi) is 5.50. The van der Waals surface area contributed by atoms with Crippen molar-refractivity contribution in [3.8, 4) is 0 Å². The van der Waals surface area contributed by atoms with E-state index in [-0.39, 0.29) is 30.4 Å². The van der Waals surface area contributed by atoms with E-state index in [4.69, 9.17) is 4.74 Å². The van der Waals surface area contributed by atoms with Gasteiger partial charge in [-0.05, 0) is 18.6 Å². The average molecular weight is 358 g/mol. The Hall–Kier alpha value is -2.90. The van der Waals surface area contributed by atoms with E-state index in [9.17, 15) is 14.4 Å². The summed E-state index contributed by atoms with van der Waals surface area (Å²) in [4.78, 5) is 46.7. The summed E-state index contributed by atoms with van der Waals surface area (Å²) in [6, 6.07) is 7.31. The van der Waals surface area contributed by atoms with Gasteiger partial charge >= 0.3 is 6.09 Å². The summed E-state index contributed by atoms with van der Waals surface area (Å²) in [5.41, 5.74) is 1.49. The zero-order chi connectivity index (χ0) is 18.5. The first-order valence-corrected chi connectivity index (χ1v) is 8.67. The molecular formula is C18H22N4O4. The highest BCUT2D eigenvalue weighted by Gasteiger charge is 2.22. The van der Waals surface area contributed by atoms with Crippen LogP contribution in [0, 0.1) is 0 Å². The Labute approximate surface area is 150 Å². The minimum atomic E-state index is -0.369. The second-order valence-corrected chi connectivity index (χ2v) is 6.22. The molecule has 1 aromatic carbocycles. The van der Waals surface area contributed by atoms with Crippen LogP contribution in [0.3, 0.4) is 0 Å². The quantitative estimate of drug-likeness (QED) is 0.888. The van der Waals surface area contributed by atoms with Crippen LogP contribution in [0.15, 0.2) is 29.1 Å². The highest BCUT2D eigenvalue weighted by molar-refractivity contribution is 5.77. The Morgan fingerprint density at radius 3 is 2.69 bits per heavy atom. The molecule has 0 atom stereocenters. The first-order valence-electron chi connectivity index (χ1n) is 8.67. The van der Waals surface area contributed by atoms with Crippen LogP contribution in [-0.4, -0.2) is 65.1 Å². The van der Waals surface area contributed by atoms with Gasteiger partial charge in [-0.2, -0.15) is 0 Å². The van der Waals surface area contributed by atoms with Crippen LogP contribution >= 0.6 is 0 Å². The topological polar surface area (TPSA) is 95.6 Å². The van der Waals surface area contributed by atoms with Crippen molar-refractivity contribution in [2.24, 2.45) is 0 Å². The third-order valence-electron chi connectivity index (χ3n) is 4.53. The predicted octanol–water partition coefficient (Wildman–Crippen LogP) is 1.16. The van der Waals surface area contributed by atoms with Crippen LogP contribution < -0.4 is 5.56 Å². The number of nitrogens with one attached hydrogen (secondary N) is 1. The van der Waals surface area contributed by atoms with Crippen molar-refractivity contribution in [1.29, 1.82) is 0 Å². The van der Waals surface area contributed by atoms with Crippen molar-refractivity contribution in [2.45, 2.75) is 19.3 Å². The first kappa shape index (κ1) is 17.9. The number of aryl methyl sites for hydroxylation is 1. The van der Waals surface area contributed by atoms with Gasteiger partial charge in [-0.15, -0.1) is 0 Å². The van der Waals surface area contributed by atoms with Gasteiger partial charge in [0.2, 0.25) is 5.91 Å². The maximum Gasteiger partial charge on any atom is 0.409 e. The fourth-order valence-electron chi connectivity index (χ4n) is 3.10. The molecule has 3 rings (SSSR count). The summed E-state index contributed by atoms with van der Waals surface area (Å²) in [7, 11) is 1.35. The summed E-state index contributed by atoms with van der Waals surface area (Å²) < 4.78 is 4.73. The third-order valence-corrected chi connectivity index (χ3v) is 4.53. The van der Waals surface area contributed by atoms with Gasteiger partial charge in [0.05, 0.1) is 18.1 Å². The van der Waals surface area contributed by atoms with E-state index in [0.29, 0.717) is 49.3 Å². The lowest BCUT2D eigenvalue weighted by Gasteiger charge is -2.21. The number of para-hydroxylation sites is 2. The lowest BCUT2D eigenvalue weighted by molar-refractivity contribution is -0.131. The highest BCUT2D eigenvalue weighted by Crippen LogP contribution is 2.09. The number of carbonyl (C=O) groups excluding carboxylic acids is 2. The Balaban J connectivity index is 1.61. The summed E-state index contributed by atoms with van der Waals surface area (Å²) in [6.07, 6.45) is 0.838. The molecule has 26 heavy (non-hydrogen) atoms. The van der Waals surface area contributed by atoms with Crippen LogP contribution in [0.1, 0.15) is 18.5 Å². The number of aromatic amines is 1.